The van der Waals surface area contributed by atoms with Gasteiger partial charge in [-0.2, -0.15) is 0 Å². The van der Waals surface area contributed by atoms with Gasteiger partial charge >= 0.3 is 0 Å². The van der Waals surface area contributed by atoms with Crippen LogP contribution in [0.5, 0.6) is 0 Å². The van der Waals surface area contributed by atoms with Crippen LogP contribution < -0.4 is 0 Å². The number of alkyl halides is 1. The highest BCUT2D eigenvalue weighted by Gasteiger charge is 2.17. The first-order valence-electron chi connectivity index (χ1n) is 2.95. The van der Waals surface area contributed by atoms with Gasteiger partial charge in [0.1, 0.15) is 0 Å². The van der Waals surface area contributed by atoms with Crippen LogP contribution in [0, 0.1) is 23.3 Å². The second-order valence-electron chi connectivity index (χ2n) is 2.08. The summed E-state index contributed by atoms with van der Waals surface area (Å²) >= 11 is 2.71. The van der Waals surface area contributed by atoms with Crippen LogP contribution in [0.2, 0.25) is 0 Å². The Morgan fingerprint density at radius 2 is 1.42 bits per heavy atom. The minimum Gasteiger partial charge on any atom is -0.204 e. The Balaban J connectivity index is 3.42. The Morgan fingerprint density at radius 1 is 1.00 bits per heavy atom. The molecular weight excluding hydrogens is 240 g/mol. The van der Waals surface area contributed by atoms with Crippen LogP contribution >= 0.6 is 15.9 Å². The molecule has 0 heterocycles. The predicted octanol–water partition coefficient (Wildman–Crippen LogP) is 3.14. The van der Waals surface area contributed by atoms with Crippen LogP contribution in [0.1, 0.15) is 5.56 Å². The molecule has 0 fully saturated rings. The summed E-state index contributed by atoms with van der Waals surface area (Å²) in [7, 11) is 0. The molecule has 0 aromatic heterocycles. The van der Waals surface area contributed by atoms with Crippen molar-refractivity contribution in [1.29, 1.82) is 0 Å². The van der Waals surface area contributed by atoms with Crippen LogP contribution in [-0.2, 0) is 5.33 Å². The predicted molar refractivity (Wildman–Crippen MR) is 38.9 cm³/mol. The van der Waals surface area contributed by atoms with E-state index >= 15 is 0 Å². The van der Waals surface area contributed by atoms with Gasteiger partial charge in [0.25, 0.3) is 0 Å². The Bertz CT molecular complexity index is 285. The summed E-state index contributed by atoms with van der Waals surface area (Å²) in [6, 6.07) is 0.177. The maximum absolute atomic E-state index is 12.6. The molecular formula is C7H3BrF4. The van der Waals surface area contributed by atoms with E-state index in [2.05, 4.69) is 15.9 Å². The van der Waals surface area contributed by atoms with Crippen molar-refractivity contribution in [1.82, 2.24) is 0 Å². The fourth-order valence-corrected chi connectivity index (χ4v) is 1.23. The van der Waals surface area contributed by atoms with Crippen LogP contribution in [0.25, 0.3) is 0 Å². The largest absolute Gasteiger partial charge is 0.204 e. The van der Waals surface area contributed by atoms with Gasteiger partial charge in [0.2, 0.25) is 0 Å². The van der Waals surface area contributed by atoms with Crippen molar-refractivity contribution in [2.45, 2.75) is 5.33 Å². The lowest BCUT2D eigenvalue weighted by Gasteiger charge is -2.02. The van der Waals surface area contributed by atoms with Gasteiger partial charge in [0.05, 0.1) is 0 Å². The first kappa shape index (κ1) is 9.51. The molecule has 0 spiro atoms. The highest BCUT2D eigenvalue weighted by Crippen LogP contribution is 2.20. The molecule has 1 rings (SSSR count). The van der Waals surface area contributed by atoms with E-state index in [4.69, 9.17) is 0 Å². The van der Waals surface area contributed by atoms with Gasteiger partial charge in [-0.3, -0.25) is 0 Å². The zero-order valence-corrected chi connectivity index (χ0v) is 7.26. The van der Waals surface area contributed by atoms with Gasteiger partial charge in [0, 0.05) is 17.0 Å². The van der Waals surface area contributed by atoms with E-state index in [0.29, 0.717) is 0 Å². The quantitative estimate of drug-likeness (QED) is 0.403. The van der Waals surface area contributed by atoms with Crippen molar-refractivity contribution < 1.29 is 17.6 Å². The molecule has 12 heavy (non-hydrogen) atoms. The van der Waals surface area contributed by atoms with Crippen molar-refractivity contribution in [2.24, 2.45) is 0 Å². The topological polar surface area (TPSA) is 0 Å². The van der Waals surface area contributed by atoms with E-state index in [0.717, 1.165) is 0 Å². The van der Waals surface area contributed by atoms with Gasteiger partial charge < -0.3 is 0 Å². The summed E-state index contributed by atoms with van der Waals surface area (Å²) in [4.78, 5) is 0. The van der Waals surface area contributed by atoms with Crippen LogP contribution in [0.3, 0.4) is 0 Å². The van der Waals surface area contributed by atoms with E-state index in [9.17, 15) is 17.6 Å². The first-order valence-corrected chi connectivity index (χ1v) is 4.08. The van der Waals surface area contributed by atoms with Crippen molar-refractivity contribution in [3.63, 3.8) is 0 Å². The molecule has 1 aromatic carbocycles. The molecule has 0 unspecified atom stereocenters. The lowest BCUT2D eigenvalue weighted by atomic mass is 10.2. The molecule has 5 heteroatoms. The number of hydrogen-bond donors (Lipinski definition) is 0. The van der Waals surface area contributed by atoms with Crippen molar-refractivity contribution >= 4 is 15.9 Å². The number of benzene rings is 1. The molecule has 0 saturated carbocycles. The number of hydrogen-bond acceptors (Lipinski definition) is 0. The highest BCUT2D eigenvalue weighted by atomic mass is 79.9. The standard InChI is InChI=1S/C7H3BrF4/c8-2-3-6(11)4(9)1-5(10)7(3)12/h1H,2H2. The Morgan fingerprint density at radius 3 is 1.75 bits per heavy atom. The normalized spacial score (nSPS) is 10.4. The SMILES string of the molecule is Fc1cc(F)c(F)c(CBr)c1F. The fraction of sp³-hybridized carbons (Fsp3) is 0.143. The van der Waals surface area contributed by atoms with Gasteiger partial charge in [-0.15, -0.1) is 0 Å². The van der Waals surface area contributed by atoms with Crippen LogP contribution in [0.15, 0.2) is 6.07 Å². The van der Waals surface area contributed by atoms with Crippen LogP contribution in [-0.4, -0.2) is 0 Å². The summed E-state index contributed by atoms with van der Waals surface area (Å²) in [6.45, 7) is 0. The van der Waals surface area contributed by atoms with Crippen LogP contribution in [0.4, 0.5) is 17.6 Å². The van der Waals surface area contributed by atoms with E-state index < -0.39 is 28.8 Å². The average Bonchev–Trinajstić information content (AvgIpc) is 2.02. The minimum atomic E-state index is -1.39. The molecule has 0 nitrogen and oxygen atoms in total. The molecule has 0 saturated heterocycles. The molecule has 0 atom stereocenters. The summed E-state index contributed by atoms with van der Waals surface area (Å²) in [6.07, 6.45) is 0. The smallest absolute Gasteiger partial charge is 0.166 e. The minimum absolute atomic E-state index is 0.177. The molecule has 66 valence electrons. The molecule has 1 aromatic rings. The van der Waals surface area contributed by atoms with Gasteiger partial charge in [-0.05, 0) is 0 Å². The first-order chi connectivity index (χ1) is 5.57. The second kappa shape index (κ2) is 3.43. The van der Waals surface area contributed by atoms with E-state index in [1.54, 1.807) is 0 Å². The Labute approximate surface area is 74.3 Å². The third kappa shape index (κ3) is 1.46. The zero-order valence-electron chi connectivity index (χ0n) is 5.67. The Hall–Kier alpha value is -0.580. The van der Waals surface area contributed by atoms with E-state index in [1.807, 2.05) is 0 Å². The maximum atomic E-state index is 12.6. The molecule has 0 aliphatic carbocycles. The fourth-order valence-electron chi connectivity index (χ4n) is 0.740. The molecule has 0 radical (unpaired) electrons. The molecule has 0 N–H and O–H groups in total. The van der Waals surface area contributed by atoms with Gasteiger partial charge in [-0.1, -0.05) is 15.9 Å². The number of halogens is 5. The summed E-state index contributed by atoms with van der Waals surface area (Å²) in [5.41, 5.74) is -0.632. The van der Waals surface area contributed by atoms with Crippen molar-refractivity contribution in [2.75, 3.05) is 0 Å². The average molecular weight is 243 g/mol. The Kier molecular flexibility index (Phi) is 2.72. The van der Waals surface area contributed by atoms with E-state index in [-0.39, 0.29) is 11.4 Å². The molecule has 0 aliphatic heterocycles. The highest BCUT2D eigenvalue weighted by molar-refractivity contribution is 9.08. The van der Waals surface area contributed by atoms with Gasteiger partial charge in [0.15, 0.2) is 23.3 Å². The van der Waals surface area contributed by atoms with Crippen molar-refractivity contribution in [3.8, 4) is 0 Å². The van der Waals surface area contributed by atoms with E-state index in [1.165, 1.54) is 0 Å². The third-order valence-electron chi connectivity index (χ3n) is 1.34. The third-order valence-corrected chi connectivity index (χ3v) is 1.90. The lowest BCUT2D eigenvalue weighted by Crippen LogP contribution is -1.99. The van der Waals surface area contributed by atoms with Crippen molar-refractivity contribution in [3.05, 3.63) is 34.9 Å². The second-order valence-corrected chi connectivity index (χ2v) is 2.64. The van der Waals surface area contributed by atoms with Gasteiger partial charge in [-0.25, -0.2) is 17.6 Å². The summed E-state index contributed by atoms with van der Waals surface area (Å²) < 4.78 is 50.1. The monoisotopic (exact) mass is 242 g/mol. The zero-order chi connectivity index (χ0) is 9.30. The lowest BCUT2D eigenvalue weighted by molar-refractivity contribution is 0.444. The molecule has 0 bridgehead atoms. The molecule has 0 amide bonds. The summed E-state index contributed by atoms with van der Waals surface area (Å²) in [5, 5.41) is -0.265. The summed E-state index contributed by atoms with van der Waals surface area (Å²) in [5.74, 6) is -5.48. The maximum Gasteiger partial charge on any atom is 0.166 e. The molecule has 0 aliphatic rings. The number of rotatable bonds is 1.